The summed E-state index contributed by atoms with van der Waals surface area (Å²) in [5.74, 6) is -2.16. The molecule has 28 heavy (non-hydrogen) atoms. The third-order valence-electron chi connectivity index (χ3n) is 4.59. The van der Waals surface area contributed by atoms with Gasteiger partial charge in [0.05, 0.1) is 18.2 Å². The fourth-order valence-corrected chi connectivity index (χ4v) is 3.97. The van der Waals surface area contributed by atoms with E-state index in [1.54, 1.807) is 12.1 Å². The number of benzene rings is 1. The molecule has 1 saturated heterocycles. The van der Waals surface area contributed by atoms with Gasteiger partial charge in [0.1, 0.15) is 11.6 Å². The maximum Gasteiger partial charge on any atom is 0.295 e. The van der Waals surface area contributed by atoms with E-state index in [4.69, 9.17) is 0 Å². The van der Waals surface area contributed by atoms with Crippen molar-refractivity contribution >= 4 is 28.8 Å². The van der Waals surface area contributed by atoms with Crippen LogP contribution < -0.4 is 0 Å². The number of carbonyl (C=O) groups is 2. The fraction of sp³-hybridized carbons (Fsp3) is 0.0952. The van der Waals surface area contributed by atoms with Crippen LogP contribution in [0.4, 0.5) is 4.39 Å². The Morgan fingerprint density at radius 1 is 1.11 bits per heavy atom. The molecule has 1 amide bonds. The van der Waals surface area contributed by atoms with Crippen molar-refractivity contribution in [3.05, 3.63) is 93.7 Å². The molecule has 0 aliphatic carbocycles. The number of halogens is 1. The van der Waals surface area contributed by atoms with Crippen molar-refractivity contribution in [3.8, 4) is 0 Å². The molecule has 1 N–H and O–H groups in total. The molecule has 0 radical (unpaired) electrons. The maximum atomic E-state index is 13.4. The van der Waals surface area contributed by atoms with Gasteiger partial charge in [-0.15, -0.1) is 11.3 Å². The zero-order valence-electron chi connectivity index (χ0n) is 14.6. The smallest absolute Gasteiger partial charge is 0.295 e. The molecule has 1 fully saturated rings. The summed E-state index contributed by atoms with van der Waals surface area (Å²) in [6.45, 7) is 0.220. The Labute approximate surface area is 164 Å². The minimum Gasteiger partial charge on any atom is -0.507 e. The number of aliphatic hydroxyl groups excluding tert-OH is 1. The molecule has 0 saturated carbocycles. The Hall–Kier alpha value is -3.32. The van der Waals surface area contributed by atoms with Crippen LogP contribution in [0.2, 0.25) is 0 Å². The molecule has 3 aromatic rings. The molecule has 0 bridgehead atoms. The largest absolute Gasteiger partial charge is 0.507 e. The first kappa shape index (κ1) is 18.1. The molecule has 1 atom stereocenters. The van der Waals surface area contributed by atoms with E-state index in [0.717, 1.165) is 4.88 Å². The number of amides is 1. The molecule has 1 aliphatic rings. The van der Waals surface area contributed by atoms with Crippen molar-refractivity contribution in [2.24, 2.45) is 0 Å². The van der Waals surface area contributed by atoms with Crippen LogP contribution in [0.15, 0.2) is 71.9 Å². The predicted molar refractivity (Wildman–Crippen MR) is 103 cm³/mol. The van der Waals surface area contributed by atoms with Crippen LogP contribution >= 0.6 is 11.3 Å². The van der Waals surface area contributed by atoms with E-state index in [2.05, 4.69) is 4.98 Å². The van der Waals surface area contributed by atoms with Gasteiger partial charge in [0.2, 0.25) is 0 Å². The van der Waals surface area contributed by atoms with Crippen molar-refractivity contribution in [1.82, 2.24) is 9.88 Å². The molecule has 1 unspecified atom stereocenters. The Morgan fingerprint density at radius 3 is 2.46 bits per heavy atom. The molecule has 140 valence electrons. The van der Waals surface area contributed by atoms with Gasteiger partial charge < -0.3 is 10.0 Å². The van der Waals surface area contributed by atoms with Crippen LogP contribution in [0.5, 0.6) is 0 Å². The lowest BCUT2D eigenvalue weighted by Crippen LogP contribution is -2.28. The highest BCUT2D eigenvalue weighted by Gasteiger charge is 2.46. The highest BCUT2D eigenvalue weighted by Crippen LogP contribution is 2.40. The number of pyridine rings is 1. The number of nitrogens with zero attached hydrogens (tertiary/aromatic N) is 2. The summed E-state index contributed by atoms with van der Waals surface area (Å²) in [5, 5.41) is 12.7. The zero-order chi connectivity index (χ0) is 19.7. The number of carbonyl (C=O) groups excluding carboxylic acids is 2. The number of aromatic nitrogens is 1. The van der Waals surface area contributed by atoms with Gasteiger partial charge in [-0.2, -0.15) is 0 Å². The molecular weight excluding hydrogens is 379 g/mol. The van der Waals surface area contributed by atoms with Crippen LogP contribution in [-0.4, -0.2) is 26.7 Å². The number of thiophene rings is 1. The fourth-order valence-electron chi connectivity index (χ4n) is 3.27. The summed E-state index contributed by atoms with van der Waals surface area (Å²) in [5.41, 5.74) is 0.920. The van der Waals surface area contributed by atoms with Gasteiger partial charge in [-0.1, -0.05) is 18.2 Å². The molecule has 1 aromatic carbocycles. The van der Waals surface area contributed by atoms with Gasteiger partial charge in [-0.25, -0.2) is 4.39 Å². The third-order valence-corrected chi connectivity index (χ3v) is 5.45. The van der Waals surface area contributed by atoms with Crippen molar-refractivity contribution in [2.75, 3.05) is 0 Å². The zero-order valence-corrected chi connectivity index (χ0v) is 15.4. The Balaban J connectivity index is 1.86. The van der Waals surface area contributed by atoms with E-state index in [0.29, 0.717) is 11.1 Å². The van der Waals surface area contributed by atoms with Crippen LogP contribution in [0, 0.1) is 5.82 Å². The second kappa shape index (κ2) is 7.36. The highest BCUT2D eigenvalue weighted by atomic mass is 32.1. The third kappa shape index (κ3) is 3.20. The van der Waals surface area contributed by atoms with Gasteiger partial charge in [-0.05, 0) is 41.3 Å². The monoisotopic (exact) mass is 394 g/mol. The average Bonchev–Trinajstić information content (AvgIpc) is 3.31. The Kier molecular flexibility index (Phi) is 4.75. The first-order chi connectivity index (χ1) is 13.6. The number of aliphatic hydroxyl groups is 1. The Bertz CT molecular complexity index is 1050. The van der Waals surface area contributed by atoms with Crippen molar-refractivity contribution in [3.63, 3.8) is 0 Å². The maximum absolute atomic E-state index is 13.4. The van der Waals surface area contributed by atoms with E-state index in [9.17, 15) is 19.1 Å². The van der Waals surface area contributed by atoms with E-state index in [-0.39, 0.29) is 17.9 Å². The van der Waals surface area contributed by atoms with Crippen molar-refractivity contribution in [2.45, 2.75) is 12.6 Å². The number of hydrogen-bond donors (Lipinski definition) is 1. The van der Waals surface area contributed by atoms with Gasteiger partial charge in [0, 0.05) is 22.8 Å². The summed E-state index contributed by atoms with van der Waals surface area (Å²) in [4.78, 5) is 31.8. The first-order valence-electron chi connectivity index (χ1n) is 8.53. The number of Topliss-reactive ketones (excluding diaryl/α,β-unsaturated/α-hetero) is 1. The van der Waals surface area contributed by atoms with Gasteiger partial charge in [0.15, 0.2) is 0 Å². The summed E-state index contributed by atoms with van der Waals surface area (Å²) >= 11 is 1.47. The first-order valence-corrected chi connectivity index (χ1v) is 9.41. The van der Waals surface area contributed by atoms with E-state index < -0.39 is 23.5 Å². The minimum absolute atomic E-state index is 0.0145. The van der Waals surface area contributed by atoms with E-state index >= 15 is 0 Å². The number of ketones is 1. The summed E-state index contributed by atoms with van der Waals surface area (Å²) in [6, 6.07) is 11.6. The average molecular weight is 394 g/mol. The predicted octanol–water partition coefficient (Wildman–Crippen LogP) is 3.90. The van der Waals surface area contributed by atoms with Crippen LogP contribution in [0.25, 0.3) is 5.76 Å². The van der Waals surface area contributed by atoms with Crippen LogP contribution in [0.3, 0.4) is 0 Å². The quantitative estimate of drug-likeness (QED) is 0.414. The normalized spacial score (nSPS) is 18.6. The highest BCUT2D eigenvalue weighted by molar-refractivity contribution is 7.09. The standard InChI is InChI=1S/C21H15FN2O3S/c22-15-5-3-13(4-6-15)18-17(19(25)14-7-9-23-10-8-14)20(26)21(27)24(18)12-16-2-1-11-28-16/h1-11,18,25H,12H2/b19-17-. The molecule has 7 heteroatoms. The van der Waals surface area contributed by atoms with Crippen molar-refractivity contribution < 1.29 is 19.1 Å². The Morgan fingerprint density at radius 2 is 1.82 bits per heavy atom. The van der Waals surface area contributed by atoms with Crippen LogP contribution in [-0.2, 0) is 16.1 Å². The summed E-state index contributed by atoms with van der Waals surface area (Å²) in [6.07, 6.45) is 2.98. The van der Waals surface area contributed by atoms with Gasteiger partial charge in [0.25, 0.3) is 11.7 Å². The molecular formula is C21H15FN2O3S. The molecule has 3 heterocycles. The molecule has 5 nitrogen and oxygen atoms in total. The summed E-state index contributed by atoms with van der Waals surface area (Å²) < 4.78 is 13.4. The molecule has 1 aliphatic heterocycles. The van der Waals surface area contributed by atoms with Gasteiger partial charge >= 0.3 is 0 Å². The second-order valence-corrected chi connectivity index (χ2v) is 7.33. The van der Waals surface area contributed by atoms with E-state index in [1.807, 2.05) is 17.5 Å². The number of likely N-dealkylation sites (tertiary alicyclic amines) is 1. The number of hydrogen-bond acceptors (Lipinski definition) is 5. The topological polar surface area (TPSA) is 70.5 Å². The lowest BCUT2D eigenvalue weighted by atomic mass is 9.95. The second-order valence-electron chi connectivity index (χ2n) is 6.29. The van der Waals surface area contributed by atoms with Crippen molar-refractivity contribution in [1.29, 1.82) is 0 Å². The van der Waals surface area contributed by atoms with Gasteiger partial charge in [-0.3, -0.25) is 14.6 Å². The lowest BCUT2D eigenvalue weighted by molar-refractivity contribution is -0.140. The molecule has 4 rings (SSSR count). The van der Waals surface area contributed by atoms with E-state index in [1.165, 1.54) is 52.9 Å². The lowest BCUT2D eigenvalue weighted by Gasteiger charge is -2.24. The molecule has 0 spiro atoms. The van der Waals surface area contributed by atoms with Crippen LogP contribution in [0.1, 0.15) is 22.0 Å². The number of rotatable bonds is 4. The SMILES string of the molecule is O=C1C(=O)N(Cc2cccs2)C(c2ccc(F)cc2)/C1=C(/O)c1ccncc1. The molecule has 2 aromatic heterocycles. The summed E-state index contributed by atoms with van der Waals surface area (Å²) in [7, 11) is 0. The minimum atomic E-state index is -0.809.